The lowest BCUT2D eigenvalue weighted by Gasteiger charge is -2.13. The van der Waals surface area contributed by atoms with E-state index >= 15 is 0 Å². The molecule has 0 spiro atoms. The number of thioether (sulfide) groups is 1. The number of imide groups is 1. The van der Waals surface area contributed by atoms with Crippen LogP contribution in [0.2, 0.25) is 0 Å². The van der Waals surface area contributed by atoms with E-state index in [1.54, 1.807) is 12.1 Å². The quantitative estimate of drug-likeness (QED) is 0.253. The van der Waals surface area contributed by atoms with Gasteiger partial charge in [-0.3, -0.25) is 29.4 Å². The molecule has 0 bridgehead atoms. The summed E-state index contributed by atoms with van der Waals surface area (Å²) in [4.78, 5) is 48.8. The number of methoxy groups -OCH3 is 3. The molecule has 0 aromatic heterocycles. The fourth-order valence-electron chi connectivity index (χ4n) is 2.95. The number of Topliss-reactive ketones (excluding diaryl/α,β-unsaturated/α-hetero) is 1. The van der Waals surface area contributed by atoms with E-state index in [9.17, 15) is 24.5 Å². The minimum atomic E-state index is -0.632. The molecule has 2 aromatic carbocycles. The summed E-state index contributed by atoms with van der Waals surface area (Å²) in [6.07, 6.45) is 1.47. The number of ether oxygens (including phenoxy) is 3. The smallest absolute Gasteiger partial charge is 0.293 e. The van der Waals surface area contributed by atoms with E-state index < -0.39 is 28.4 Å². The van der Waals surface area contributed by atoms with Crippen LogP contribution >= 0.6 is 11.8 Å². The van der Waals surface area contributed by atoms with Crippen molar-refractivity contribution in [1.82, 2.24) is 4.90 Å². The number of nitrogens with zero attached hydrogens (tertiary/aromatic N) is 2. The molecular weight excluding hydrogens is 440 g/mol. The molecule has 166 valence electrons. The molecule has 0 aliphatic carbocycles. The van der Waals surface area contributed by atoms with Gasteiger partial charge in [-0.05, 0) is 36.0 Å². The molecule has 0 radical (unpaired) electrons. The van der Waals surface area contributed by atoms with Gasteiger partial charge in [0.05, 0.1) is 37.7 Å². The van der Waals surface area contributed by atoms with Crippen LogP contribution in [0.5, 0.6) is 17.2 Å². The van der Waals surface area contributed by atoms with Crippen molar-refractivity contribution in [2.24, 2.45) is 0 Å². The first-order valence-electron chi connectivity index (χ1n) is 9.12. The van der Waals surface area contributed by atoms with Crippen LogP contribution in [0.15, 0.2) is 41.3 Å². The van der Waals surface area contributed by atoms with Gasteiger partial charge in [0.1, 0.15) is 5.75 Å². The third-order valence-corrected chi connectivity index (χ3v) is 5.51. The number of ketones is 1. The largest absolute Gasteiger partial charge is 0.496 e. The van der Waals surface area contributed by atoms with Crippen molar-refractivity contribution in [2.45, 2.75) is 0 Å². The molecule has 11 heteroatoms. The highest BCUT2D eigenvalue weighted by Gasteiger charge is 2.36. The molecule has 32 heavy (non-hydrogen) atoms. The number of rotatable bonds is 8. The number of amides is 2. The standard InChI is InChI=1S/C21H18N2O8S/c1-29-16-10-18(31-3)17(30-2)8-13(16)9-19-20(25)22(21(26)32-19)11-15(24)12-4-6-14(7-5-12)23(27)28/h4-10H,11H2,1-3H3/b19-9+. The lowest BCUT2D eigenvalue weighted by Crippen LogP contribution is -2.33. The van der Waals surface area contributed by atoms with Crippen LogP contribution in [0.1, 0.15) is 15.9 Å². The Morgan fingerprint density at radius 2 is 1.62 bits per heavy atom. The zero-order valence-electron chi connectivity index (χ0n) is 17.3. The van der Waals surface area contributed by atoms with Crippen LogP contribution in [-0.4, -0.2) is 54.6 Å². The first kappa shape index (κ1) is 22.8. The second-order valence-corrected chi connectivity index (χ2v) is 7.44. The molecule has 10 nitrogen and oxygen atoms in total. The number of carbonyl (C=O) groups is 3. The summed E-state index contributed by atoms with van der Waals surface area (Å²) in [5.74, 6) is 0.0890. The molecule has 1 aliphatic heterocycles. The van der Waals surface area contributed by atoms with Crippen molar-refractivity contribution < 1.29 is 33.5 Å². The molecule has 2 aromatic rings. The molecule has 3 rings (SSSR count). The van der Waals surface area contributed by atoms with Gasteiger partial charge in [-0.1, -0.05) is 0 Å². The lowest BCUT2D eigenvalue weighted by molar-refractivity contribution is -0.384. The molecule has 0 saturated carbocycles. The first-order chi connectivity index (χ1) is 15.3. The maximum absolute atomic E-state index is 12.8. The zero-order chi connectivity index (χ0) is 23.4. The maximum Gasteiger partial charge on any atom is 0.293 e. The second kappa shape index (κ2) is 9.52. The molecular formula is C21H18N2O8S. The van der Waals surface area contributed by atoms with Crippen molar-refractivity contribution in [1.29, 1.82) is 0 Å². The summed E-state index contributed by atoms with van der Waals surface area (Å²) >= 11 is 0.692. The molecule has 1 heterocycles. The van der Waals surface area contributed by atoms with Gasteiger partial charge in [-0.25, -0.2) is 0 Å². The Balaban J connectivity index is 1.83. The van der Waals surface area contributed by atoms with Crippen molar-refractivity contribution in [3.05, 3.63) is 62.5 Å². The minimum absolute atomic E-state index is 0.108. The molecule has 1 fully saturated rings. The average Bonchev–Trinajstić information content (AvgIpc) is 3.05. The predicted molar refractivity (Wildman–Crippen MR) is 116 cm³/mol. The van der Waals surface area contributed by atoms with Crippen molar-refractivity contribution in [3.8, 4) is 17.2 Å². The number of nitro groups is 1. The number of hydrogen-bond donors (Lipinski definition) is 0. The highest BCUT2D eigenvalue weighted by molar-refractivity contribution is 8.18. The van der Waals surface area contributed by atoms with Crippen LogP contribution in [-0.2, 0) is 4.79 Å². The SMILES string of the molecule is COc1cc(OC)c(OC)cc1/C=C1/SC(=O)N(CC(=O)c2ccc([N+](=O)[O-])cc2)C1=O. The number of carbonyl (C=O) groups excluding carboxylic acids is 3. The Labute approximate surface area is 186 Å². The Hall–Kier alpha value is -3.86. The Morgan fingerprint density at radius 1 is 1.03 bits per heavy atom. The summed E-state index contributed by atoms with van der Waals surface area (Å²) in [5, 5.41) is 10.1. The van der Waals surface area contributed by atoms with E-state index in [0.717, 1.165) is 4.90 Å². The van der Waals surface area contributed by atoms with E-state index in [4.69, 9.17) is 14.2 Å². The third-order valence-electron chi connectivity index (χ3n) is 4.60. The zero-order valence-corrected chi connectivity index (χ0v) is 18.1. The van der Waals surface area contributed by atoms with Crippen LogP contribution in [0.25, 0.3) is 6.08 Å². The van der Waals surface area contributed by atoms with Gasteiger partial charge < -0.3 is 14.2 Å². The van der Waals surface area contributed by atoms with Crippen LogP contribution in [0.4, 0.5) is 10.5 Å². The molecule has 0 unspecified atom stereocenters. The maximum atomic E-state index is 12.8. The van der Waals surface area contributed by atoms with Gasteiger partial charge in [-0.15, -0.1) is 0 Å². The van der Waals surface area contributed by atoms with Crippen LogP contribution in [0.3, 0.4) is 0 Å². The number of hydrogen-bond acceptors (Lipinski definition) is 9. The highest BCUT2D eigenvalue weighted by atomic mass is 32.2. The highest BCUT2D eigenvalue weighted by Crippen LogP contribution is 2.38. The number of nitro benzene ring substituents is 1. The second-order valence-electron chi connectivity index (χ2n) is 6.44. The summed E-state index contributed by atoms with van der Waals surface area (Å²) in [5.41, 5.74) is 0.469. The van der Waals surface area contributed by atoms with Crippen molar-refractivity contribution in [3.63, 3.8) is 0 Å². The number of non-ortho nitro benzene ring substituents is 1. The van der Waals surface area contributed by atoms with E-state index in [0.29, 0.717) is 34.6 Å². The molecule has 0 atom stereocenters. The normalized spacial score (nSPS) is 14.6. The Kier molecular flexibility index (Phi) is 6.79. The average molecular weight is 458 g/mol. The Bertz CT molecular complexity index is 1130. The minimum Gasteiger partial charge on any atom is -0.496 e. The van der Waals surface area contributed by atoms with Crippen molar-refractivity contribution >= 4 is 40.5 Å². The van der Waals surface area contributed by atoms with Gasteiger partial charge >= 0.3 is 0 Å². The number of benzene rings is 2. The summed E-state index contributed by atoms with van der Waals surface area (Å²) in [6.45, 7) is -0.483. The first-order valence-corrected chi connectivity index (χ1v) is 9.93. The fourth-order valence-corrected chi connectivity index (χ4v) is 3.78. The molecule has 1 saturated heterocycles. The van der Waals surface area contributed by atoms with Gasteiger partial charge in [0.15, 0.2) is 17.3 Å². The van der Waals surface area contributed by atoms with E-state index in [2.05, 4.69) is 0 Å². The summed E-state index contributed by atoms with van der Waals surface area (Å²) in [6, 6.07) is 8.13. The summed E-state index contributed by atoms with van der Waals surface area (Å²) in [7, 11) is 4.39. The molecule has 1 aliphatic rings. The monoisotopic (exact) mass is 458 g/mol. The van der Waals surface area contributed by atoms with Gasteiger partial charge in [0.2, 0.25) is 0 Å². The lowest BCUT2D eigenvalue weighted by atomic mass is 10.1. The molecule has 2 amide bonds. The fraction of sp³-hybridized carbons (Fsp3) is 0.190. The van der Waals surface area contributed by atoms with E-state index in [1.807, 2.05) is 0 Å². The van der Waals surface area contributed by atoms with Crippen LogP contribution < -0.4 is 14.2 Å². The topological polar surface area (TPSA) is 125 Å². The Morgan fingerprint density at radius 3 is 2.19 bits per heavy atom. The predicted octanol–water partition coefficient (Wildman–Crippen LogP) is 3.54. The van der Waals surface area contributed by atoms with Crippen molar-refractivity contribution in [2.75, 3.05) is 27.9 Å². The molecule has 0 N–H and O–H groups in total. The van der Waals surface area contributed by atoms with Gasteiger partial charge in [0.25, 0.3) is 16.8 Å². The third kappa shape index (κ3) is 4.57. The van der Waals surface area contributed by atoms with Gasteiger partial charge in [-0.2, -0.15) is 0 Å². The van der Waals surface area contributed by atoms with E-state index in [1.165, 1.54) is 51.7 Å². The van der Waals surface area contributed by atoms with Crippen LogP contribution in [0, 0.1) is 10.1 Å². The van der Waals surface area contributed by atoms with E-state index in [-0.39, 0.29) is 16.2 Å². The van der Waals surface area contributed by atoms with Gasteiger partial charge in [0, 0.05) is 29.3 Å². The summed E-state index contributed by atoms with van der Waals surface area (Å²) < 4.78 is 15.8.